The average Bonchev–Trinajstić information content (AvgIpc) is 2.72. The first-order valence-electron chi connectivity index (χ1n) is 5.43. The van der Waals surface area contributed by atoms with Gasteiger partial charge in [-0.05, 0) is 47.0 Å². The minimum absolute atomic E-state index is 0.148. The van der Waals surface area contributed by atoms with Crippen LogP contribution in [0.25, 0.3) is 0 Å². The number of rotatable bonds is 3. The Kier molecular flexibility index (Phi) is 4.04. The number of hydrogen-bond donors (Lipinski definition) is 2. The Morgan fingerprint density at radius 3 is 2.83 bits per heavy atom. The smallest absolute Gasteiger partial charge is 0.253 e. The molecule has 0 aliphatic rings. The first-order chi connectivity index (χ1) is 8.58. The van der Waals surface area contributed by atoms with Gasteiger partial charge in [-0.1, -0.05) is 15.9 Å². The van der Waals surface area contributed by atoms with Crippen LogP contribution in [0.5, 0.6) is 0 Å². The summed E-state index contributed by atoms with van der Waals surface area (Å²) in [5, 5.41) is 6.98. The largest absolute Gasteiger partial charge is 0.398 e. The number of halogens is 1. The first kappa shape index (κ1) is 13.1. The topological polar surface area (TPSA) is 55.1 Å². The van der Waals surface area contributed by atoms with Crippen molar-refractivity contribution in [2.75, 3.05) is 5.73 Å². The second-order valence-electron chi connectivity index (χ2n) is 3.99. The van der Waals surface area contributed by atoms with E-state index in [1.807, 2.05) is 12.3 Å². The van der Waals surface area contributed by atoms with Crippen molar-refractivity contribution in [3.63, 3.8) is 0 Å². The zero-order valence-corrected chi connectivity index (χ0v) is 12.3. The second-order valence-corrected chi connectivity index (χ2v) is 5.65. The van der Waals surface area contributed by atoms with E-state index in [1.165, 1.54) is 5.56 Å². The van der Waals surface area contributed by atoms with Gasteiger partial charge in [0.15, 0.2) is 0 Å². The molecule has 18 heavy (non-hydrogen) atoms. The molecular formula is C13H13BrN2OS. The fourth-order valence-electron chi connectivity index (χ4n) is 1.58. The molecule has 0 aliphatic heterocycles. The Morgan fingerprint density at radius 1 is 1.44 bits per heavy atom. The highest BCUT2D eigenvalue weighted by atomic mass is 79.9. The standard InChI is InChI=1S/C13H13BrN2OS/c1-8-6-18-7-9(8)5-16-13(17)11-3-2-10(14)4-12(11)15/h2-4,6-7H,5,15H2,1H3,(H,16,17). The Labute approximate surface area is 118 Å². The van der Waals surface area contributed by atoms with Gasteiger partial charge < -0.3 is 11.1 Å². The van der Waals surface area contributed by atoms with Crippen molar-refractivity contribution < 1.29 is 4.79 Å². The molecule has 5 heteroatoms. The molecule has 0 saturated heterocycles. The van der Waals surface area contributed by atoms with E-state index in [1.54, 1.807) is 29.5 Å². The van der Waals surface area contributed by atoms with Crippen LogP contribution in [-0.4, -0.2) is 5.91 Å². The Hall–Kier alpha value is -1.33. The number of hydrogen-bond acceptors (Lipinski definition) is 3. The quantitative estimate of drug-likeness (QED) is 0.851. The van der Waals surface area contributed by atoms with Gasteiger partial charge >= 0.3 is 0 Å². The van der Waals surface area contributed by atoms with Crippen LogP contribution in [0, 0.1) is 6.92 Å². The minimum atomic E-state index is -0.148. The molecular weight excluding hydrogens is 312 g/mol. The normalized spacial score (nSPS) is 10.3. The highest BCUT2D eigenvalue weighted by Crippen LogP contribution is 2.19. The summed E-state index contributed by atoms with van der Waals surface area (Å²) in [6.07, 6.45) is 0. The van der Waals surface area contributed by atoms with Crippen LogP contribution in [0.4, 0.5) is 5.69 Å². The minimum Gasteiger partial charge on any atom is -0.398 e. The summed E-state index contributed by atoms with van der Waals surface area (Å²) in [7, 11) is 0. The number of nitrogens with one attached hydrogen (secondary N) is 1. The van der Waals surface area contributed by atoms with E-state index in [2.05, 4.69) is 26.6 Å². The summed E-state index contributed by atoms with van der Waals surface area (Å²) in [6.45, 7) is 2.57. The first-order valence-corrected chi connectivity index (χ1v) is 7.16. The molecule has 0 aliphatic carbocycles. The molecule has 0 fully saturated rings. The van der Waals surface area contributed by atoms with Crippen LogP contribution in [-0.2, 0) is 6.54 Å². The van der Waals surface area contributed by atoms with Gasteiger partial charge in [0.05, 0.1) is 5.56 Å². The summed E-state index contributed by atoms with van der Waals surface area (Å²) < 4.78 is 0.866. The van der Waals surface area contributed by atoms with Gasteiger partial charge in [0.1, 0.15) is 0 Å². The van der Waals surface area contributed by atoms with Gasteiger partial charge in [-0.25, -0.2) is 0 Å². The molecule has 1 amide bonds. The summed E-state index contributed by atoms with van der Waals surface area (Å²) in [4.78, 5) is 12.0. The van der Waals surface area contributed by atoms with Crippen LogP contribution >= 0.6 is 27.3 Å². The molecule has 2 rings (SSSR count). The number of carbonyl (C=O) groups is 1. The average molecular weight is 325 g/mol. The number of benzene rings is 1. The Balaban J connectivity index is 2.06. The molecule has 0 bridgehead atoms. The lowest BCUT2D eigenvalue weighted by Crippen LogP contribution is -2.23. The van der Waals surface area contributed by atoms with Crippen LogP contribution in [0.15, 0.2) is 33.4 Å². The van der Waals surface area contributed by atoms with E-state index in [4.69, 9.17) is 5.73 Å². The molecule has 0 saturated carbocycles. The van der Waals surface area contributed by atoms with Gasteiger partial charge in [-0.15, -0.1) is 0 Å². The molecule has 1 aromatic heterocycles. The molecule has 3 N–H and O–H groups in total. The molecule has 2 aromatic rings. The van der Waals surface area contributed by atoms with Crippen molar-refractivity contribution in [2.24, 2.45) is 0 Å². The lowest BCUT2D eigenvalue weighted by Gasteiger charge is -2.07. The SMILES string of the molecule is Cc1cscc1CNC(=O)c1ccc(Br)cc1N. The number of thiophene rings is 1. The highest BCUT2D eigenvalue weighted by molar-refractivity contribution is 9.10. The summed E-state index contributed by atoms with van der Waals surface area (Å²) in [6, 6.07) is 5.25. The Morgan fingerprint density at radius 2 is 2.22 bits per heavy atom. The van der Waals surface area contributed by atoms with Crippen LogP contribution in [0.2, 0.25) is 0 Å². The number of carbonyl (C=O) groups excluding carboxylic acids is 1. The molecule has 1 heterocycles. The van der Waals surface area contributed by atoms with Crippen molar-refractivity contribution >= 4 is 38.9 Å². The number of nitrogens with two attached hydrogens (primary N) is 1. The zero-order valence-electron chi connectivity index (χ0n) is 9.87. The number of nitrogen functional groups attached to an aromatic ring is 1. The van der Waals surface area contributed by atoms with Gasteiger partial charge in [0, 0.05) is 16.7 Å². The molecule has 94 valence electrons. The lowest BCUT2D eigenvalue weighted by molar-refractivity contribution is 0.0952. The molecule has 3 nitrogen and oxygen atoms in total. The van der Waals surface area contributed by atoms with Gasteiger partial charge in [0.25, 0.3) is 5.91 Å². The fraction of sp³-hybridized carbons (Fsp3) is 0.154. The van der Waals surface area contributed by atoms with Crippen molar-refractivity contribution in [1.29, 1.82) is 0 Å². The van der Waals surface area contributed by atoms with E-state index in [-0.39, 0.29) is 5.91 Å². The van der Waals surface area contributed by atoms with Gasteiger partial charge in [-0.3, -0.25) is 4.79 Å². The second kappa shape index (κ2) is 5.54. The van der Waals surface area contributed by atoms with E-state index in [0.717, 1.165) is 10.0 Å². The van der Waals surface area contributed by atoms with Crippen LogP contribution < -0.4 is 11.1 Å². The third-order valence-electron chi connectivity index (χ3n) is 2.66. The summed E-state index contributed by atoms with van der Waals surface area (Å²) in [5.74, 6) is -0.148. The molecule has 0 unspecified atom stereocenters. The fourth-order valence-corrected chi connectivity index (χ4v) is 2.81. The van der Waals surface area contributed by atoms with E-state index < -0.39 is 0 Å². The van der Waals surface area contributed by atoms with Gasteiger partial charge in [0.2, 0.25) is 0 Å². The van der Waals surface area contributed by atoms with Crippen LogP contribution in [0.1, 0.15) is 21.5 Å². The van der Waals surface area contributed by atoms with Gasteiger partial charge in [-0.2, -0.15) is 11.3 Å². The van der Waals surface area contributed by atoms with E-state index in [9.17, 15) is 4.79 Å². The summed E-state index contributed by atoms with van der Waals surface area (Å²) in [5.41, 5.74) is 9.13. The van der Waals surface area contributed by atoms with E-state index >= 15 is 0 Å². The van der Waals surface area contributed by atoms with Crippen molar-refractivity contribution in [3.05, 3.63) is 50.1 Å². The maximum atomic E-state index is 12.0. The van der Waals surface area contributed by atoms with Crippen molar-refractivity contribution in [2.45, 2.75) is 13.5 Å². The predicted molar refractivity (Wildman–Crippen MR) is 78.8 cm³/mol. The molecule has 1 aromatic carbocycles. The Bertz CT molecular complexity index is 580. The third-order valence-corrected chi connectivity index (χ3v) is 4.06. The summed E-state index contributed by atoms with van der Waals surface area (Å²) >= 11 is 4.95. The predicted octanol–water partition coefficient (Wildman–Crippen LogP) is 3.33. The van der Waals surface area contributed by atoms with Crippen molar-refractivity contribution in [3.8, 4) is 0 Å². The molecule has 0 spiro atoms. The van der Waals surface area contributed by atoms with Crippen LogP contribution in [0.3, 0.4) is 0 Å². The highest BCUT2D eigenvalue weighted by Gasteiger charge is 2.10. The maximum absolute atomic E-state index is 12.0. The number of anilines is 1. The zero-order chi connectivity index (χ0) is 13.1. The maximum Gasteiger partial charge on any atom is 0.253 e. The van der Waals surface area contributed by atoms with Crippen molar-refractivity contribution in [1.82, 2.24) is 5.32 Å². The lowest BCUT2D eigenvalue weighted by atomic mass is 10.1. The molecule has 0 atom stereocenters. The third kappa shape index (κ3) is 2.91. The number of amides is 1. The monoisotopic (exact) mass is 324 g/mol. The van der Waals surface area contributed by atoms with E-state index in [0.29, 0.717) is 17.8 Å². The molecule has 0 radical (unpaired) electrons. The number of aryl methyl sites for hydroxylation is 1.